The van der Waals surface area contributed by atoms with Gasteiger partial charge in [-0.1, -0.05) is 6.92 Å². The summed E-state index contributed by atoms with van der Waals surface area (Å²) < 4.78 is 0. The molecule has 6 nitrogen and oxygen atoms in total. The van der Waals surface area contributed by atoms with Gasteiger partial charge >= 0.3 is 12.0 Å². The maximum atomic E-state index is 11.3. The molecule has 6 heteroatoms. The zero-order valence-electron chi connectivity index (χ0n) is 11.5. The molecule has 1 unspecified atom stereocenters. The van der Waals surface area contributed by atoms with Gasteiger partial charge in [-0.25, -0.2) is 4.79 Å². The Kier molecular flexibility index (Phi) is 9.00. The molecule has 0 aromatic rings. The van der Waals surface area contributed by atoms with Crippen molar-refractivity contribution in [2.24, 2.45) is 5.92 Å². The highest BCUT2D eigenvalue weighted by atomic mass is 16.4. The van der Waals surface area contributed by atoms with E-state index in [9.17, 15) is 9.59 Å². The summed E-state index contributed by atoms with van der Waals surface area (Å²) in [4.78, 5) is 23.9. The minimum atomic E-state index is -0.789. The second-order valence-corrected chi connectivity index (χ2v) is 4.72. The van der Waals surface area contributed by atoms with Gasteiger partial charge in [-0.15, -0.1) is 0 Å². The number of carbonyl (C=O) groups excluding carboxylic acids is 1. The fraction of sp³-hybridized carbons (Fsp3) is 0.833. The van der Waals surface area contributed by atoms with E-state index in [4.69, 9.17) is 5.11 Å². The first-order valence-corrected chi connectivity index (χ1v) is 6.32. The van der Waals surface area contributed by atoms with Crippen LogP contribution < -0.4 is 10.6 Å². The smallest absolute Gasteiger partial charge is 0.314 e. The number of carbonyl (C=O) groups is 2. The van der Waals surface area contributed by atoms with Crippen molar-refractivity contribution in [2.75, 3.05) is 33.7 Å². The van der Waals surface area contributed by atoms with Crippen molar-refractivity contribution in [3.8, 4) is 0 Å². The van der Waals surface area contributed by atoms with Crippen LogP contribution in [0.25, 0.3) is 0 Å². The Morgan fingerprint density at radius 3 is 2.22 bits per heavy atom. The molecule has 18 heavy (non-hydrogen) atoms. The molecular weight excluding hydrogens is 234 g/mol. The van der Waals surface area contributed by atoms with Gasteiger partial charge in [0.15, 0.2) is 0 Å². The van der Waals surface area contributed by atoms with E-state index < -0.39 is 5.97 Å². The van der Waals surface area contributed by atoms with Gasteiger partial charge in [-0.3, -0.25) is 4.79 Å². The van der Waals surface area contributed by atoms with E-state index in [1.165, 1.54) is 0 Å². The molecule has 106 valence electrons. The summed E-state index contributed by atoms with van der Waals surface area (Å²) in [6.45, 7) is 3.77. The summed E-state index contributed by atoms with van der Waals surface area (Å²) in [6.07, 6.45) is 2.17. The van der Waals surface area contributed by atoms with E-state index in [0.29, 0.717) is 25.9 Å². The third-order valence-electron chi connectivity index (χ3n) is 2.59. The van der Waals surface area contributed by atoms with Crippen molar-refractivity contribution in [3.05, 3.63) is 0 Å². The fourth-order valence-electron chi connectivity index (χ4n) is 1.39. The highest BCUT2D eigenvalue weighted by molar-refractivity contribution is 5.73. The summed E-state index contributed by atoms with van der Waals surface area (Å²) in [6, 6.07) is -0.184. The molecule has 0 aromatic heterocycles. The lowest BCUT2D eigenvalue weighted by atomic mass is 10.1. The summed E-state index contributed by atoms with van der Waals surface area (Å²) in [5.41, 5.74) is 0. The first kappa shape index (κ1) is 16.7. The zero-order valence-corrected chi connectivity index (χ0v) is 11.5. The van der Waals surface area contributed by atoms with Crippen molar-refractivity contribution in [1.29, 1.82) is 0 Å². The topological polar surface area (TPSA) is 81.7 Å². The Hall–Kier alpha value is -1.30. The number of carboxylic acids is 1. The predicted molar refractivity (Wildman–Crippen MR) is 70.6 cm³/mol. The molecule has 0 aliphatic heterocycles. The molecule has 0 heterocycles. The lowest BCUT2D eigenvalue weighted by Crippen LogP contribution is -2.37. The van der Waals surface area contributed by atoms with Crippen LogP contribution >= 0.6 is 0 Å². The summed E-state index contributed by atoms with van der Waals surface area (Å²) in [5, 5.41) is 14.1. The molecular formula is C12H25N3O3. The van der Waals surface area contributed by atoms with Gasteiger partial charge in [-0.05, 0) is 39.9 Å². The maximum absolute atomic E-state index is 11.3. The van der Waals surface area contributed by atoms with Crippen LogP contribution in [0.3, 0.4) is 0 Å². The lowest BCUT2D eigenvalue weighted by Gasteiger charge is -2.11. The molecule has 0 bridgehead atoms. The van der Waals surface area contributed by atoms with Crippen molar-refractivity contribution in [1.82, 2.24) is 15.5 Å². The van der Waals surface area contributed by atoms with E-state index in [0.717, 1.165) is 13.0 Å². The number of hydrogen-bond acceptors (Lipinski definition) is 3. The number of carboxylic acid groups (broad SMARTS) is 1. The van der Waals surface area contributed by atoms with Gasteiger partial charge < -0.3 is 20.6 Å². The van der Waals surface area contributed by atoms with Gasteiger partial charge in [0.1, 0.15) is 0 Å². The number of urea groups is 1. The average molecular weight is 259 g/mol. The number of nitrogens with zero attached hydrogens (tertiary/aromatic N) is 1. The fourth-order valence-corrected chi connectivity index (χ4v) is 1.39. The van der Waals surface area contributed by atoms with Crippen LogP contribution in [0.4, 0.5) is 4.79 Å². The van der Waals surface area contributed by atoms with E-state index in [1.807, 2.05) is 14.1 Å². The third-order valence-corrected chi connectivity index (χ3v) is 2.59. The molecule has 0 rings (SSSR count). The molecule has 0 aliphatic rings. The van der Waals surface area contributed by atoms with Gasteiger partial charge in [0.05, 0.1) is 5.92 Å². The van der Waals surface area contributed by atoms with Crippen LogP contribution in [0, 0.1) is 5.92 Å². The van der Waals surface area contributed by atoms with Gasteiger partial charge in [0, 0.05) is 13.1 Å². The normalized spacial score (nSPS) is 12.2. The van der Waals surface area contributed by atoms with Crippen molar-refractivity contribution < 1.29 is 14.7 Å². The van der Waals surface area contributed by atoms with Crippen LogP contribution in [0.2, 0.25) is 0 Å². The monoisotopic (exact) mass is 259 g/mol. The van der Waals surface area contributed by atoms with Crippen molar-refractivity contribution in [3.63, 3.8) is 0 Å². The SMILES string of the molecule is CC(CCCNC(=O)NCCCN(C)C)C(=O)O. The molecule has 0 fully saturated rings. The molecule has 0 aliphatic carbocycles. The van der Waals surface area contributed by atoms with E-state index in [2.05, 4.69) is 15.5 Å². The molecule has 0 saturated carbocycles. The Balaban J connectivity index is 3.40. The first-order valence-electron chi connectivity index (χ1n) is 6.32. The minimum absolute atomic E-state index is 0.184. The third kappa shape index (κ3) is 9.89. The van der Waals surface area contributed by atoms with Crippen LogP contribution in [-0.4, -0.2) is 55.7 Å². The Labute approximate surface area is 109 Å². The van der Waals surface area contributed by atoms with Crippen molar-refractivity contribution in [2.45, 2.75) is 26.2 Å². The highest BCUT2D eigenvalue weighted by Crippen LogP contribution is 2.03. The second-order valence-electron chi connectivity index (χ2n) is 4.72. The molecule has 0 saturated heterocycles. The van der Waals surface area contributed by atoms with Crippen LogP contribution in [-0.2, 0) is 4.79 Å². The summed E-state index contributed by atoms with van der Waals surface area (Å²) >= 11 is 0. The zero-order chi connectivity index (χ0) is 14.0. The summed E-state index contributed by atoms with van der Waals surface area (Å²) in [7, 11) is 3.98. The van der Waals surface area contributed by atoms with Crippen LogP contribution in [0.5, 0.6) is 0 Å². The lowest BCUT2D eigenvalue weighted by molar-refractivity contribution is -0.141. The summed E-state index contributed by atoms with van der Waals surface area (Å²) in [5.74, 6) is -1.14. The largest absolute Gasteiger partial charge is 0.481 e. The molecule has 2 amide bonds. The average Bonchev–Trinajstić information content (AvgIpc) is 2.29. The van der Waals surface area contributed by atoms with Crippen LogP contribution in [0.15, 0.2) is 0 Å². The predicted octanol–water partition coefficient (Wildman–Crippen LogP) is 0.738. The van der Waals surface area contributed by atoms with Gasteiger partial charge in [-0.2, -0.15) is 0 Å². The quantitative estimate of drug-likeness (QED) is 0.533. The van der Waals surface area contributed by atoms with Crippen molar-refractivity contribution >= 4 is 12.0 Å². The van der Waals surface area contributed by atoms with Crippen LogP contribution in [0.1, 0.15) is 26.2 Å². The molecule has 0 radical (unpaired) electrons. The molecule has 0 aromatic carbocycles. The number of hydrogen-bond donors (Lipinski definition) is 3. The van der Waals surface area contributed by atoms with Gasteiger partial charge in [0.2, 0.25) is 0 Å². The van der Waals surface area contributed by atoms with E-state index in [-0.39, 0.29) is 11.9 Å². The number of rotatable bonds is 9. The number of nitrogens with one attached hydrogen (secondary N) is 2. The Bertz CT molecular complexity index is 257. The molecule has 1 atom stereocenters. The van der Waals surface area contributed by atoms with Gasteiger partial charge in [0.25, 0.3) is 0 Å². The van der Waals surface area contributed by atoms with E-state index >= 15 is 0 Å². The maximum Gasteiger partial charge on any atom is 0.314 e. The molecule has 3 N–H and O–H groups in total. The minimum Gasteiger partial charge on any atom is -0.481 e. The first-order chi connectivity index (χ1) is 8.43. The number of aliphatic carboxylic acids is 1. The number of amides is 2. The standard InChI is InChI=1S/C12H25N3O3/c1-10(11(16)17)6-4-7-13-12(18)14-8-5-9-15(2)3/h10H,4-9H2,1-3H3,(H,16,17)(H2,13,14,18). The van der Waals surface area contributed by atoms with E-state index in [1.54, 1.807) is 6.92 Å². The Morgan fingerprint density at radius 1 is 1.17 bits per heavy atom. The Morgan fingerprint density at radius 2 is 1.72 bits per heavy atom. The molecule has 0 spiro atoms. The second kappa shape index (κ2) is 9.70. The highest BCUT2D eigenvalue weighted by Gasteiger charge is 2.09.